The number of hydrogen-bond donors (Lipinski definition) is 2. The van der Waals surface area contributed by atoms with E-state index in [1.807, 2.05) is 0 Å². The van der Waals surface area contributed by atoms with Crippen LogP contribution in [-0.2, 0) is 27.2 Å². The van der Waals surface area contributed by atoms with Gasteiger partial charge in [0.05, 0.1) is 40.9 Å². The van der Waals surface area contributed by atoms with E-state index >= 15 is 0 Å². The summed E-state index contributed by atoms with van der Waals surface area (Å²) in [7, 11) is 0. The zero-order valence-corrected chi connectivity index (χ0v) is 16.3. The molecule has 0 unspecified atom stereocenters. The molecule has 2 N–H and O–H groups in total. The molecule has 2 aliphatic heterocycles. The highest BCUT2D eigenvalue weighted by molar-refractivity contribution is 5.95. The fourth-order valence-electron chi connectivity index (χ4n) is 3.50. The number of aryl methyl sites for hydroxylation is 1. The van der Waals surface area contributed by atoms with Crippen LogP contribution < -0.4 is 16.2 Å². The normalized spacial score (nSPS) is 15.4. The number of esters is 2. The highest BCUT2D eigenvalue weighted by Crippen LogP contribution is 2.17. The number of benzene rings is 1. The van der Waals surface area contributed by atoms with Gasteiger partial charge in [0, 0.05) is 13.0 Å². The van der Waals surface area contributed by atoms with Crippen molar-refractivity contribution in [3.05, 3.63) is 51.2 Å². The standard InChI is InChI=1S/C20H20N4O6/c1-2-29-19(27)13-9-21-20(28)23-15(13)10-30-18(26)11-5-6-12-14(8-11)22-16-4-3-7-24(16)17(12)25/h5-6,8H,2-4,7,9-10H2,1H3,(H2,21,23,28). The van der Waals surface area contributed by atoms with Gasteiger partial charge < -0.3 is 20.1 Å². The molecule has 0 radical (unpaired) electrons. The Hall–Kier alpha value is -3.69. The molecular weight excluding hydrogens is 392 g/mol. The van der Waals surface area contributed by atoms with E-state index in [4.69, 9.17) is 9.47 Å². The Morgan fingerprint density at radius 2 is 2.03 bits per heavy atom. The molecule has 4 rings (SSSR count). The number of nitrogens with zero attached hydrogens (tertiary/aromatic N) is 2. The number of rotatable bonds is 5. The van der Waals surface area contributed by atoms with Crippen LogP contribution in [-0.4, -0.2) is 47.3 Å². The fourth-order valence-corrected chi connectivity index (χ4v) is 3.50. The second-order valence-corrected chi connectivity index (χ2v) is 6.88. The fraction of sp³-hybridized carbons (Fsp3) is 0.350. The molecule has 0 spiro atoms. The maximum atomic E-state index is 12.5. The predicted octanol–water partition coefficient (Wildman–Crippen LogP) is 0.630. The maximum absolute atomic E-state index is 12.5. The predicted molar refractivity (Wildman–Crippen MR) is 105 cm³/mol. The van der Waals surface area contributed by atoms with E-state index in [-0.39, 0.29) is 42.2 Å². The first-order valence-corrected chi connectivity index (χ1v) is 9.62. The zero-order valence-electron chi connectivity index (χ0n) is 16.3. The van der Waals surface area contributed by atoms with Crippen molar-refractivity contribution < 1.29 is 23.9 Å². The number of fused-ring (bicyclic) bond motifs is 2. The second-order valence-electron chi connectivity index (χ2n) is 6.88. The SMILES string of the molecule is CCOC(=O)C1=C(COC(=O)c2ccc3c(=O)n4c(nc3c2)CCC4)NC(=O)NC1. The Bertz CT molecular complexity index is 1150. The molecule has 1 aromatic heterocycles. The van der Waals surface area contributed by atoms with E-state index < -0.39 is 18.0 Å². The largest absolute Gasteiger partial charge is 0.463 e. The Labute approximate surface area is 170 Å². The summed E-state index contributed by atoms with van der Waals surface area (Å²) in [4.78, 5) is 53.2. The molecular formula is C20H20N4O6. The van der Waals surface area contributed by atoms with Crippen LogP contribution in [0.2, 0.25) is 0 Å². The first kappa shape index (κ1) is 19.6. The van der Waals surface area contributed by atoms with Crippen molar-refractivity contribution in [3.8, 4) is 0 Å². The lowest BCUT2D eigenvalue weighted by molar-refractivity contribution is -0.138. The monoisotopic (exact) mass is 412 g/mol. The van der Waals surface area contributed by atoms with Crippen molar-refractivity contribution in [1.29, 1.82) is 0 Å². The summed E-state index contributed by atoms with van der Waals surface area (Å²) in [5, 5.41) is 5.39. The highest BCUT2D eigenvalue weighted by Gasteiger charge is 2.25. The lowest BCUT2D eigenvalue weighted by Crippen LogP contribution is -2.45. The summed E-state index contributed by atoms with van der Waals surface area (Å²) in [5.41, 5.74) is 0.891. The zero-order chi connectivity index (χ0) is 21.3. The third-order valence-corrected chi connectivity index (χ3v) is 4.98. The first-order valence-electron chi connectivity index (χ1n) is 9.62. The molecule has 10 nitrogen and oxygen atoms in total. The smallest absolute Gasteiger partial charge is 0.338 e. The molecule has 0 aliphatic carbocycles. The van der Waals surface area contributed by atoms with Crippen LogP contribution in [0, 0.1) is 0 Å². The van der Waals surface area contributed by atoms with Crippen LogP contribution >= 0.6 is 0 Å². The van der Waals surface area contributed by atoms with Gasteiger partial charge in [-0.05, 0) is 31.5 Å². The number of hydrogen-bond acceptors (Lipinski definition) is 7. The summed E-state index contributed by atoms with van der Waals surface area (Å²) < 4.78 is 11.9. The highest BCUT2D eigenvalue weighted by atomic mass is 16.5. The molecule has 30 heavy (non-hydrogen) atoms. The minimum Gasteiger partial charge on any atom is -0.463 e. The maximum Gasteiger partial charge on any atom is 0.338 e. The number of urea groups is 1. The lowest BCUT2D eigenvalue weighted by Gasteiger charge is -2.21. The van der Waals surface area contributed by atoms with Gasteiger partial charge in [-0.1, -0.05) is 0 Å². The number of carbonyl (C=O) groups is 3. The number of nitrogens with one attached hydrogen (secondary N) is 2. The topological polar surface area (TPSA) is 129 Å². The van der Waals surface area contributed by atoms with Crippen LogP contribution in [0.3, 0.4) is 0 Å². The molecule has 2 aromatic rings. The Kier molecular flexibility index (Phi) is 5.21. The van der Waals surface area contributed by atoms with Crippen molar-refractivity contribution in [2.45, 2.75) is 26.3 Å². The molecule has 0 fully saturated rings. The van der Waals surface area contributed by atoms with Gasteiger partial charge in [0.2, 0.25) is 0 Å². The van der Waals surface area contributed by atoms with E-state index in [9.17, 15) is 19.2 Å². The van der Waals surface area contributed by atoms with E-state index in [1.54, 1.807) is 17.6 Å². The van der Waals surface area contributed by atoms with Gasteiger partial charge >= 0.3 is 18.0 Å². The summed E-state index contributed by atoms with van der Waals surface area (Å²) in [6.07, 6.45) is 1.59. The molecule has 10 heteroatoms. The van der Waals surface area contributed by atoms with Crippen LogP contribution in [0.1, 0.15) is 29.5 Å². The average molecular weight is 412 g/mol. The molecule has 0 bridgehead atoms. The van der Waals surface area contributed by atoms with Gasteiger partial charge in [-0.3, -0.25) is 9.36 Å². The number of aromatic nitrogens is 2. The number of ether oxygens (including phenoxy) is 2. The molecule has 2 amide bonds. The third kappa shape index (κ3) is 3.63. The minimum absolute atomic E-state index is 0.0213. The molecule has 0 atom stereocenters. The average Bonchev–Trinajstić information content (AvgIpc) is 3.20. The molecule has 2 aliphatic rings. The summed E-state index contributed by atoms with van der Waals surface area (Å²) in [6, 6.07) is 4.07. The third-order valence-electron chi connectivity index (χ3n) is 4.98. The van der Waals surface area contributed by atoms with Crippen molar-refractivity contribution in [3.63, 3.8) is 0 Å². The molecule has 0 saturated heterocycles. The summed E-state index contributed by atoms with van der Waals surface area (Å²) >= 11 is 0. The van der Waals surface area contributed by atoms with Crippen molar-refractivity contribution in [2.24, 2.45) is 0 Å². The Morgan fingerprint density at radius 1 is 1.20 bits per heavy atom. The van der Waals surface area contributed by atoms with E-state index in [0.717, 1.165) is 12.8 Å². The number of carbonyl (C=O) groups excluding carboxylic acids is 3. The van der Waals surface area contributed by atoms with E-state index in [2.05, 4.69) is 15.6 Å². The minimum atomic E-state index is -0.664. The first-order chi connectivity index (χ1) is 14.5. The molecule has 1 aromatic carbocycles. The van der Waals surface area contributed by atoms with Gasteiger partial charge in [0.15, 0.2) is 0 Å². The van der Waals surface area contributed by atoms with Crippen LogP contribution in [0.4, 0.5) is 4.79 Å². The quantitative estimate of drug-likeness (QED) is 0.689. The van der Waals surface area contributed by atoms with Gasteiger partial charge in [0.25, 0.3) is 5.56 Å². The Morgan fingerprint density at radius 3 is 2.83 bits per heavy atom. The van der Waals surface area contributed by atoms with Crippen molar-refractivity contribution >= 4 is 28.9 Å². The van der Waals surface area contributed by atoms with Gasteiger partial charge in [0.1, 0.15) is 12.4 Å². The molecule has 0 saturated carbocycles. The van der Waals surface area contributed by atoms with Gasteiger partial charge in [-0.25, -0.2) is 19.4 Å². The second kappa shape index (κ2) is 7.97. The van der Waals surface area contributed by atoms with Crippen LogP contribution in [0.15, 0.2) is 34.3 Å². The summed E-state index contributed by atoms with van der Waals surface area (Å²) in [5.74, 6) is -0.553. The number of amides is 2. The summed E-state index contributed by atoms with van der Waals surface area (Å²) in [6.45, 7) is 2.17. The lowest BCUT2D eigenvalue weighted by atomic mass is 10.1. The van der Waals surface area contributed by atoms with Gasteiger partial charge in [-0.2, -0.15) is 0 Å². The van der Waals surface area contributed by atoms with Crippen LogP contribution in [0.25, 0.3) is 10.9 Å². The Balaban J connectivity index is 1.55. The van der Waals surface area contributed by atoms with Gasteiger partial charge in [-0.15, -0.1) is 0 Å². The van der Waals surface area contributed by atoms with Crippen LogP contribution in [0.5, 0.6) is 0 Å². The van der Waals surface area contributed by atoms with E-state index in [1.165, 1.54) is 12.1 Å². The molecule has 3 heterocycles. The van der Waals surface area contributed by atoms with Crippen molar-refractivity contribution in [1.82, 2.24) is 20.2 Å². The van der Waals surface area contributed by atoms with E-state index in [0.29, 0.717) is 23.3 Å². The molecule has 156 valence electrons. The van der Waals surface area contributed by atoms with Crippen molar-refractivity contribution in [2.75, 3.05) is 19.8 Å².